The highest BCUT2D eigenvalue weighted by molar-refractivity contribution is 5.92. The molecule has 0 aliphatic carbocycles. The Bertz CT molecular complexity index is 973. The average molecular weight is 300 g/mol. The van der Waals surface area contributed by atoms with E-state index in [0.29, 0.717) is 5.95 Å². The van der Waals surface area contributed by atoms with Crippen molar-refractivity contribution >= 4 is 11.5 Å². The third-order valence-electron chi connectivity index (χ3n) is 3.88. The maximum absolute atomic E-state index is 6.12. The Morgan fingerprint density at radius 1 is 0.870 bits per heavy atom. The van der Waals surface area contributed by atoms with Crippen molar-refractivity contribution in [2.45, 2.75) is 6.92 Å². The monoisotopic (exact) mass is 300 g/mol. The standard InChI is InChI=1S/C19H16N4/c1-13-12-16(14-8-4-2-5-9-14)18-17(15-10-6-3-7-11-15)21-19(20)23(18)22-13/h2-12H,1H3,(H2,20,21). The predicted molar refractivity (Wildman–Crippen MR) is 93.0 cm³/mol. The van der Waals surface area contributed by atoms with E-state index in [0.717, 1.165) is 33.6 Å². The van der Waals surface area contributed by atoms with Crippen molar-refractivity contribution in [1.29, 1.82) is 0 Å². The number of nitrogens with zero attached hydrogens (tertiary/aromatic N) is 3. The van der Waals surface area contributed by atoms with Gasteiger partial charge in [-0.2, -0.15) is 9.61 Å². The van der Waals surface area contributed by atoms with Crippen LogP contribution in [0.4, 0.5) is 5.95 Å². The minimum atomic E-state index is 0.403. The van der Waals surface area contributed by atoms with Gasteiger partial charge in [0.05, 0.1) is 5.69 Å². The molecule has 0 aliphatic rings. The van der Waals surface area contributed by atoms with E-state index >= 15 is 0 Å². The lowest BCUT2D eigenvalue weighted by atomic mass is 10.0. The number of hydrogen-bond donors (Lipinski definition) is 1. The Hall–Kier alpha value is -3.14. The lowest BCUT2D eigenvalue weighted by Crippen LogP contribution is -2.01. The lowest BCUT2D eigenvalue weighted by molar-refractivity contribution is 0.907. The van der Waals surface area contributed by atoms with Gasteiger partial charge in [0.25, 0.3) is 0 Å². The van der Waals surface area contributed by atoms with E-state index in [1.807, 2.05) is 55.5 Å². The molecule has 4 aromatic rings. The van der Waals surface area contributed by atoms with Crippen molar-refractivity contribution in [3.63, 3.8) is 0 Å². The van der Waals surface area contributed by atoms with Crippen molar-refractivity contribution in [2.24, 2.45) is 0 Å². The summed E-state index contributed by atoms with van der Waals surface area (Å²) >= 11 is 0. The second-order valence-corrected chi connectivity index (χ2v) is 5.51. The van der Waals surface area contributed by atoms with Crippen LogP contribution in [-0.4, -0.2) is 14.6 Å². The number of imidazole rings is 1. The van der Waals surface area contributed by atoms with Crippen LogP contribution in [0.1, 0.15) is 5.69 Å². The Morgan fingerprint density at radius 3 is 2.13 bits per heavy atom. The second-order valence-electron chi connectivity index (χ2n) is 5.51. The predicted octanol–water partition coefficient (Wildman–Crippen LogP) is 3.95. The third kappa shape index (κ3) is 2.25. The summed E-state index contributed by atoms with van der Waals surface area (Å²) in [6.45, 7) is 1.97. The molecule has 0 saturated heterocycles. The number of aromatic nitrogens is 3. The first kappa shape index (κ1) is 13.5. The fourth-order valence-corrected chi connectivity index (χ4v) is 2.87. The van der Waals surface area contributed by atoms with Gasteiger partial charge in [-0.15, -0.1) is 0 Å². The number of fused-ring (bicyclic) bond motifs is 1. The fraction of sp³-hybridized carbons (Fsp3) is 0.0526. The number of aryl methyl sites for hydroxylation is 1. The Labute approximate surface area is 134 Å². The van der Waals surface area contributed by atoms with Gasteiger partial charge in [0.2, 0.25) is 5.95 Å². The highest BCUT2D eigenvalue weighted by atomic mass is 15.3. The molecule has 0 spiro atoms. The van der Waals surface area contributed by atoms with E-state index in [1.165, 1.54) is 0 Å². The molecule has 0 atom stereocenters. The number of hydrogen-bond acceptors (Lipinski definition) is 3. The minimum Gasteiger partial charge on any atom is -0.368 e. The van der Waals surface area contributed by atoms with E-state index in [4.69, 9.17) is 5.73 Å². The molecule has 2 heterocycles. The van der Waals surface area contributed by atoms with E-state index in [1.54, 1.807) is 4.52 Å². The summed E-state index contributed by atoms with van der Waals surface area (Å²) in [4.78, 5) is 4.57. The first-order valence-electron chi connectivity index (χ1n) is 7.51. The Morgan fingerprint density at radius 2 is 1.48 bits per heavy atom. The third-order valence-corrected chi connectivity index (χ3v) is 3.88. The summed E-state index contributed by atoms with van der Waals surface area (Å²) in [5.74, 6) is 0.403. The van der Waals surface area contributed by atoms with Crippen LogP contribution >= 0.6 is 0 Å². The Kier molecular flexibility index (Phi) is 3.08. The number of nitrogens with two attached hydrogens (primary N) is 1. The number of nitrogen functional groups attached to an aromatic ring is 1. The topological polar surface area (TPSA) is 56.2 Å². The largest absolute Gasteiger partial charge is 0.368 e. The van der Waals surface area contributed by atoms with Crippen molar-refractivity contribution in [3.8, 4) is 22.4 Å². The van der Waals surface area contributed by atoms with Crippen molar-refractivity contribution in [3.05, 3.63) is 72.4 Å². The van der Waals surface area contributed by atoms with Crippen molar-refractivity contribution in [1.82, 2.24) is 14.6 Å². The first-order valence-corrected chi connectivity index (χ1v) is 7.51. The smallest absolute Gasteiger partial charge is 0.222 e. The van der Waals surface area contributed by atoms with Crippen LogP contribution in [0, 0.1) is 6.92 Å². The maximum atomic E-state index is 6.12. The molecule has 4 nitrogen and oxygen atoms in total. The van der Waals surface area contributed by atoms with Crippen molar-refractivity contribution in [2.75, 3.05) is 5.73 Å². The molecule has 112 valence electrons. The van der Waals surface area contributed by atoms with E-state index in [-0.39, 0.29) is 0 Å². The molecular weight excluding hydrogens is 284 g/mol. The molecule has 0 aliphatic heterocycles. The molecule has 0 saturated carbocycles. The molecule has 4 heteroatoms. The van der Waals surface area contributed by atoms with Crippen LogP contribution in [0.3, 0.4) is 0 Å². The van der Waals surface area contributed by atoms with Crippen LogP contribution in [0.15, 0.2) is 66.7 Å². The highest BCUT2D eigenvalue weighted by Gasteiger charge is 2.17. The van der Waals surface area contributed by atoms with Crippen LogP contribution in [0.25, 0.3) is 27.9 Å². The van der Waals surface area contributed by atoms with Gasteiger partial charge in [0.15, 0.2) is 0 Å². The van der Waals surface area contributed by atoms with E-state index < -0.39 is 0 Å². The molecule has 0 unspecified atom stereocenters. The number of anilines is 1. The lowest BCUT2D eigenvalue weighted by Gasteiger charge is -2.08. The molecule has 23 heavy (non-hydrogen) atoms. The SMILES string of the molecule is Cc1cc(-c2ccccc2)c2c(-c3ccccc3)nc(N)n2n1. The summed E-state index contributed by atoms with van der Waals surface area (Å²) in [7, 11) is 0. The average Bonchev–Trinajstić information content (AvgIpc) is 2.93. The van der Waals surface area contributed by atoms with Gasteiger partial charge in [-0.1, -0.05) is 60.7 Å². The van der Waals surface area contributed by atoms with E-state index in [9.17, 15) is 0 Å². The quantitative estimate of drug-likeness (QED) is 0.609. The van der Waals surface area contributed by atoms with Gasteiger partial charge in [0.1, 0.15) is 11.2 Å². The second kappa shape index (κ2) is 5.25. The summed E-state index contributed by atoms with van der Waals surface area (Å²) in [5, 5.41) is 4.54. The van der Waals surface area contributed by atoms with Gasteiger partial charge in [0, 0.05) is 11.1 Å². The molecule has 2 aromatic heterocycles. The number of benzene rings is 2. The molecular formula is C19H16N4. The summed E-state index contributed by atoms with van der Waals surface area (Å²) in [6, 6.07) is 22.4. The summed E-state index contributed by atoms with van der Waals surface area (Å²) in [5.41, 5.74) is 12.1. The molecule has 2 aromatic carbocycles. The number of rotatable bonds is 2. The molecule has 0 fully saturated rings. The first-order chi connectivity index (χ1) is 11.2. The molecule has 0 radical (unpaired) electrons. The highest BCUT2D eigenvalue weighted by Crippen LogP contribution is 2.33. The maximum Gasteiger partial charge on any atom is 0.222 e. The van der Waals surface area contributed by atoms with Crippen LogP contribution in [0.2, 0.25) is 0 Å². The normalized spacial score (nSPS) is 11.0. The zero-order chi connectivity index (χ0) is 15.8. The van der Waals surface area contributed by atoms with Gasteiger partial charge in [-0.25, -0.2) is 4.98 Å². The zero-order valence-electron chi connectivity index (χ0n) is 12.8. The summed E-state index contributed by atoms with van der Waals surface area (Å²) in [6.07, 6.45) is 0. The van der Waals surface area contributed by atoms with Gasteiger partial charge < -0.3 is 5.73 Å². The zero-order valence-corrected chi connectivity index (χ0v) is 12.8. The van der Waals surface area contributed by atoms with Crippen molar-refractivity contribution < 1.29 is 0 Å². The van der Waals surface area contributed by atoms with Gasteiger partial charge >= 0.3 is 0 Å². The molecule has 2 N–H and O–H groups in total. The summed E-state index contributed by atoms with van der Waals surface area (Å²) < 4.78 is 1.74. The van der Waals surface area contributed by atoms with Crippen LogP contribution in [0.5, 0.6) is 0 Å². The fourth-order valence-electron chi connectivity index (χ4n) is 2.87. The van der Waals surface area contributed by atoms with Crippen LogP contribution in [-0.2, 0) is 0 Å². The van der Waals surface area contributed by atoms with Gasteiger partial charge in [-0.3, -0.25) is 0 Å². The molecule has 0 amide bonds. The minimum absolute atomic E-state index is 0.403. The molecule has 0 bridgehead atoms. The van der Waals surface area contributed by atoms with E-state index in [2.05, 4.69) is 28.3 Å². The molecule has 4 rings (SSSR count). The van der Waals surface area contributed by atoms with Gasteiger partial charge in [-0.05, 0) is 18.6 Å². The van der Waals surface area contributed by atoms with Crippen LogP contribution < -0.4 is 5.73 Å². The Balaban J connectivity index is 2.10.